The van der Waals surface area contributed by atoms with Gasteiger partial charge in [-0.15, -0.1) is 0 Å². The lowest BCUT2D eigenvalue weighted by Crippen LogP contribution is -2.10. The second-order valence-electron chi connectivity index (χ2n) is 18.3. The highest BCUT2D eigenvalue weighted by molar-refractivity contribution is 5.94. The molecule has 0 spiro atoms. The van der Waals surface area contributed by atoms with E-state index in [4.69, 9.17) is 0 Å². The van der Waals surface area contributed by atoms with Crippen LogP contribution in [-0.2, 0) is 0 Å². The summed E-state index contributed by atoms with van der Waals surface area (Å²) in [6.07, 6.45) is 0. The molecule has 0 aromatic heterocycles. The molecule has 352 valence electrons. The summed E-state index contributed by atoms with van der Waals surface area (Å²) in [4.78, 5) is 9.28. The first kappa shape index (κ1) is 45.3. The topological polar surface area (TPSA) is 13.0 Å². The van der Waals surface area contributed by atoms with Crippen LogP contribution in [0.15, 0.2) is 315 Å². The molecule has 0 saturated carbocycles. The third-order valence-corrected chi connectivity index (χ3v) is 13.6. The van der Waals surface area contributed by atoms with Gasteiger partial charge in [0.25, 0.3) is 0 Å². The van der Waals surface area contributed by atoms with Gasteiger partial charge in [0.2, 0.25) is 0 Å². The highest BCUT2D eigenvalue weighted by atomic mass is 15.2. The van der Waals surface area contributed by atoms with Crippen LogP contribution in [-0.4, -0.2) is 0 Å². The van der Waals surface area contributed by atoms with E-state index in [1.807, 2.05) is 0 Å². The summed E-state index contributed by atoms with van der Waals surface area (Å²) in [5.41, 5.74) is 17.8. The summed E-state index contributed by atoms with van der Waals surface area (Å²) in [7, 11) is 0. The van der Waals surface area contributed by atoms with Crippen LogP contribution in [0.3, 0.4) is 0 Å². The third kappa shape index (κ3) is 9.51. The van der Waals surface area contributed by atoms with E-state index in [9.17, 15) is 0 Å². The van der Waals surface area contributed by atoms with Gasteiger partial charge >= 0.3 is 0 Å². The van der Waals surface area contributed by atoms with Crippen molar-refractivity contribution in [2.24, 2.45) is 0 Å². The molecule has 0 unspecified atom stereocenters. The number of benzene rings is 12. The van der Waals surface area contributed by atoms with Gasteiger partial charge in [-0.1, -0.05) is 170 Å². The van der Waals surface area contributed by atoms with Crippen LogP contribution in [0.2, 0.25) is 0 Å². The number of fused-ring (bicyclic) bond motifs is 1. The van der Waals surface area contributed by atoms with Gasteiger partial charge in [0, 0.05) is 68.2 Å². The monoisotopic (exact) mass is 948 g/mol. The second kappa shape index (κ2) is 20.8. The highest BCUT2D eigenvalue weighted by Gasteiger charge is 2.18. The summed E-state index contributed by atoms with van der Waals surface area (Å²) >= 11 is 0. The summed E-state index contributed by atoms with van der Waals surface area (Å²) in [5.74, 6) is 0. The first-order chi connectivity index (χ1) is 36.7. The molecule has 0 saturated heterocycles. The van der Waals surface area contributed by atoms with Crippen molar-refractivity contribution < 1.29 is 0 Å². The number of hydrogen-bond donors (Lipinski definition) is 0. The normalized spacial score (nSPS) is 11.0. The van der Waals surface area contributed by atoms with Gasteiger partial charge in [-0.2, -0.15) is 0 Å². The molecule has 0 amide bonds. The number of hydrogen-bond acceptors (Lipinski definition) is 4. The molecule has 74 heavy (non-hydrogen) atoms. The predicted octanol–water partition coefficient (Wildman–Crippen LogP) is 20.1. The molecule has 4 heteroatoms. The van der Waals surface area contributed by atoms with Crippen molar-refractivity contribution in [1.82, 2.24) is 0 Å². The minimum absolute atomic E-state index is 1.08. The molecule has 12 rings (SSSR count). The van der Waals surface area contributed by atoms with Gasteiger partial charge in [0.15, 0.2) is 0 Å². The summed E-state index contributed by atoms with van der Waals surface area (Å²) in [5, 5.41) is 2.32. The molecule has 0 aliphatic heterocycles. The maximum absolute atomic E-state index is 2.34. The summed E-state index contributed by atoms with van der Waals surface area (Å²) in [6.45, 7) is 0. The van der Waals surface area contributed by atoms with Gasteiger partial charge in [-0.05, 0) is 179 Å². The fraction of sp³-hybridized carbons (Fsp3) is 0. The number of rotatable bonds is 14. The van der Waals surface area contributed by atoms with Crippen LogP contribution >= 0.6 is 0 Å². The fourth-order valence-electron chi connectivity index (χ4n) is 9.96. The Morgan fingerprint density at radius 2 is 0.311 bits per heavy atom. The lowest BCUT2D eigenvalue weighted by atomic mass is 10.0. The minimum Gasteiger partial charge on any atom is -0.311 e. The quantitative estimate of drug-likeness (QED) is 0.108. The molecule has 0 atom stereocenters. The SMILES string of the molecule is c1ccc(N(c2ccccc2)c2ccc(-c3ccc(N(c4ccccc4)c4ccc5ccc(N(c6ccccc6)c6ccc(-c7ccc(N(c8ccccc8)c8ccccc8)cc7)cc6)cc5c4)cc3)cc2)cc1. The van der Waals surface area contributed by atoms with Crippen LogP contribution in [0, 0.1) is 0 Å². The van der Waals surface area contributed by atoms with E-state index in [1.165, 1.54) is 5.39 Å². The van der Waals surface area contributed by atoms with Crippen molar-refractivity contribution in [1.29, 1.82) is 0 Å². The Labute approximate surface area is 434 Å². The lowest BCUT2D eigenvalue weighted by molar-refractivity contribution is 1.28. The molecule has 0 fully saturated rings. The van der Waals surface area contributed by atoms with Crippen molar-refractivity contribution in [3.8, 4) is 22.3 Å². The molecule has 0 aliphatic rings. The maximum atomic E-state index is 2.34. The van der Waals surface area contributed by atoms with Crippen molar-refractivity contribution in [2.75, 3.05) is 19.6 Å². The highest BCUT2D eigenvalue weighted by Crippen LogP contribution is 2.42. The minimum atomic E-state index is 1.08. The van der Waals surface area contributed by atoms with E-state index in [2.05, 4.69) is 335 Å². The summed E-state index contributed by atoms with van der Waals surface area (Å²) < 4.78 is 0. The Hall–Kier alpha value is -9.90. The average molecular weight is 949 g/mol. The maximum Gasteiger partial charge on any atom is 0.0468 e. The molecule has 12 aromatic rings. The zero-order valence-electron chi connectivity index (χ0n) is 40.8. The molecular weight excluding hydrogens is 897 g/mol. The fourth-order valence-corrected chi connectivity index (χ4v) is 9.96. The van der Waals surface area contributed by atoms with Crippen LogP contribution in [0.25, 0.3) is 33.0 Å². The Bertz CT molecular complexity index is 3400. The van der Waals surface area contributed by atoms with Gasteiger partial charge in [0.1, 0.15) is 0 Å². The number of anilines is 12. The molecule has 0 aliphatic carbocycles. The van der Waals surface area contributed by atoms with Gasteiger partial charge in [0.05, 0.1) is 0 Å². The first-order valence-electron chi connectivity index (χ1n) is 25.2. The van der Waals surface area contributed by atoms with Crippen LogP contribution in [0.1, 0.15) is 0 Å². The Kier molecular flexibility index (Phi) is 12.7. The molecule has 0 heterocycles. The van der Waals surface area contributed by atoms with Crippen LogP contribution in [0.4, 0.5) is 68.2 Å². The van der Waals surface area contributed by atoms with E-state index >= 15 is 0 Å². The van der Waals surface area contributed by atoms with Crippen LogP contribution in [0.5, 0.6) is 0 Å². The lowest BCUT2D eigenvalue weighted by Gasteiger charge is -2.27. The predicted molar refractivity (Wildman–Crippen MR) is 314 cm³/mol. The van der Waals surface area contributed by atoms with E-state index < -0.39 is 0 Å². The van der Waals surface area contributed by atoms with Gasteiger partial charge < -0.3 is 19.6 Å². The Morgan fingerprint density at radius 3 is 0.527 bits per heavy atom. The molecular formula is C70H52N4. The van der Waals surface area contributed by atoms with Crippen LogP contribution < -0.4 is 19.6 Å². The van der Waals surface area contributed by atoms with Gasteiger partial charge in [-0.3, -0.25) is 0 Å². The van der Waals surface area contributed by atoms with Crippen molar-refractivity contribution >= 4 is 79.0 Å². The molecule has 4 nitrogen and oxygen atoms in total. The Morgan fingerprint density at radius 1 is 0.135 bits per heavy atom. The van der Waals surface area contributed by atoms with Crippen molar-refractivity contribution in [3.05, 3.63) is 315 Å². The smallest absolute Gasteiger partial charge is 0.0468 e. The number of para-hydroxylation sites is 6. The second-order valence-corrected chi connectivity index (χ2v) is 18.3. The molecule has 0 N–H and O–H groups in total. The Balaban J connectivity index is 0.836. The van der Waals surface area contributed by atoms with E-state index in [0.29, 0.717) is 0 Å². The molecule has 0 bridgehead atoms. The van der Waals surface area contributed by atoms with E-state index in [1.54, 1.807) is 0 Å². The zero-order chi connectivity index (χ0) is 49.5. The van der Waals surface area contributed by atoms with Gasteiger partial charge in [-0.25, -0.2) is 0 Å². The number of nitrogens with zero attached hydrogens (tertiary/aromatic N) is 4. The third-order valence-electron chi connectivity index (χ3n) is 13.6. The largest absolute Gasteiger partial charge is 0.311 e. The molecule has 12 aromatic carbocycles. The summed E-state index contributed by atoms with van der Waals surface area (Å²) in [6, 6.07) is 113. The molecule has 0 radical (unpaired) electrons. The van der Waals surface area contributed by atoms with E-state index in [-0.39, 0.29) is 0 Å². The first-order valence-corrected chi connectivity index (χ1v) is 25.2. The van der Waals surface area contributed by atoms with E-state index in [0.717, 1.165) is 95.9 Å². The average Bonchev–Trinajstić information content (AvgIpc) is 3.48. The van der Waals surface area contributed by atoms with Crippen molar-refractivity contribution in [3.63, 3.8) is 0 Å². The zero-order valence-corrected chi connectivity index (χ0v) is 40.8. The standard InChI is InChI=1S/C70H52N4/c1-7-19-59(20-8-1)71(60-21-9-2-10-22-60)65-41-31-53(32-42-65)55-35-45-67(46-36-55)73(63-27-15-5-16-28-63)69-49-39-57-40-50-70(52-58(57)51-69)74(64-29-17-6-18-30-64)68-47-37-56(38-48-68)54-33-43-66(44-34-54)72(61-23-11-3-12-24-61)62-25-13-4-14-26-62/h1-52H. The van der Waals surface area contributed by atoms with Crippen molar-refractivity contribution in [2.45, 2.75) is 0 Å².